The van der Waals surface area contributed by atoms with Crippen LogP contribution in [-0.4, -0.2) is 76.0 Å². The van der Waals surface area contributed by atoms with Gasteiger partial charge in [-0.3, -0.25) is 4.79 Å². The lowest BCUT2D eigenvalue weighted by Crippen LogP contribution is -2.31. The summed E-state index contributed by atoms with van der Waals surface area (Å²) in [7, 11) is 2.75. The first-order valence-corrected chi connectivity index (χ1v) is 7.99. The fourth-order valence-electron chi connectivity index (χ4n) is 2.70. The number of esters is 1. The molecule has 0 atom stereocenters. The summed E-state index contributed by atoms with van der Waals surface area (Å²) in [5.74, 6) is -0.514. The molecule has 1 aliphatic heterocycles. The highest BCUT2D eigenvalue weighted by atomic mass is 16.5. The van der Waals surface area contributed by atoms with Crippen molar-refractivity contribution < 1.29 is 24.2 Å². The van der Waals surface area contributed by atoms with E-state index in [1.807, 2.05) is 0 Å². The molecule has 1 aromatic carbocycles. The zero-order valence-corrected chi connectivity index (χ0v) is 14.7. The van der Waals surface area contributed by atoms with E-state index in [1.54, 1.807) is 18.2 Å². The average molecular weight is 374 g/mol. The Labute approximate surface area is 154 Å². The lowest BCUT2D eigenvalue weighted by molar-refractivity contribution is -0.136. The molecule has 0 fully saturated rings. The average Bonchev–Trinajstić information content (AvgIpc) is 3.32. The largest absolute Gasteiger partial charge is 0.497 e. The van der Waals surface area contributed by atoms with Crippen LogP contribution in [0, 0.1) is 0 Å². The number of aromatic nitrogens is 4. The molecule has 1 amide bonds. The second-order valence-electron chi connectivity index (χ2n) is 5.56. The molecule has 0 aliphatic carbocycles. The fourth-order valence-corrected chi connectivity index (χ4v) is 2.70. The highest BCUT2D eigenvalue weighted by Crippen LogP contribution is 2.29. The second-order valence-corrected chi connectivity index (χ2v) is 5.56. The maximum atomic E-state index is 12.7. The molecule has 27 heavy (non-hydrogen) atoms. The molecule has 0 spiro atoms. The number of ether oxygens (including phenoxy) is 2. The number of tetrazole rings is 1. The molecule has 1 aliphatic rings. The minimum atomic E-state index is -0.627. The van der Waals surface area contributed by atoms with Crippen molar-refractivity contribution >= 4 is 17.6 Å². The van der Waals surface area contributed by atoms with Crippen molar-refractivity contribution in [3.05, 3.63) is 35.8 Å². The van der Waals surface area contributed by atoms with E-state index in [2.05, 4.69) is 20.8 Å². The van der Waals surface area contributed by atoms with Crippen LogP contribution in [0.4, 0.5) is 5.69 Å². The number of carbonyl (C=O) groups is 2. The number of benzene rings is 1. The number of rotatable bonds is 7. The highest BCUT2D eigenvalue weighted by Gasteiger charge is 2.34. The van der Waals surface area contributed by atoms with E-state index in [9.17, 15) is 9.59 Å². The number of carbonyl (C=O) groups excluding carboxylic acids is 2. The summed E-state index contributed by atoms with van der Waals surface area (Å²) < 4.78 is 11.4. The third-order valence-electron chi connectivity index (χ3n) is 4.01. The van der Waals surface area contributed by atoms with Gasteiger partial charge < -0.3 is 24.8 Å². The van der Waals surface area contributed by atoms with Crippen LogP contribution in [0.5, 0.6) is 5.75 Å². The molecule has 0 bridgehead atoms. The highest BCUT2D eigenvalue weighted by molar-refractivity contribution is 6.08. The summed E-state index contributed by atoms with van der Waals surface area (Å²) in [4.78, 5) is 26.2. The van der Waals surface area contributed by atoms with E-state index in [-0.39, 0.29) is 31.0 Å². The molecular weight excluding hydrogens is 356 g/mol. The van der Waals surface area contributed by atoms with E-state index in [4.69, 9.17) is 14.6 Å². The minimum Gasteiger partial charge on any atom is -0.497 e. The topological polar surface area (TPSA) is 132 Å². The van der Waals surface area contributed by atoms with E-state index in [1.165, 1.54) is 30.1 Å². The molecule has 2 aromatic rings. The number of methoxy groups -OCH3 is 2. The third-order valence-corrected chi connectivity index (χ3v) is 4.01. The third kappa shape index (κ3) is 3.58. The van der Waals surface area contributed by atoms with Gasteiger partial charge in [0, 0.05) is 12.6 Å². The molecule has 0 radical (unpaired) electrons. The molecule has 0 saturated heterocycles. The van der Waals surface area contributed by atoms with Crippen LogP contribution >= 0.6 is 0 Å². The summed E-state index contributed by atoms with van der Waals surface area (Å²) in [6, 6.07) is 5.08. The van der Waals surface area contributed by atoms with Gasteiger partial charge in [0.05, 0.1) is 44.3 Å². The molecule has 2 heterocycles. The number of nitrogens with zero attached hydrogens (tertiary/aromatic N) is 5. The first-order chi connectivity index (χ1) is 13.1. The molecule has 3 rings (SSSR count). The number of hydrogen-bond acceptors (Lipinski definition) is 9. The summed E-state index contributed by atoms with van der Waals surface area (Å²) >= 11 is 0. The van der Waals surface area contributed by atoms with Gasteiger partial charge in [-0.1, -0.05) is 0 Å². The van der Waals surface area contributed by atoms with Crippen molar-refractivity contribution in [3.8, 4) is 11.4 Å². The van der Waals surface area contributed by atoms with Gasteiger partial charge in [-0.2, -0.15) is 4.68 Å². The Bertz CT molecular complexity index is 879. The summed E-state index contributed by atoms with van der Waals surface area (Å²) in [5, 5.41) is 23.2. The first kappa shape index (κ1) is 18.3. The Kier molecular flexibility index (Phi) is 5.31. The number of β-amino-alcohol motifs (C(OH)–C–C–N with tert-alkyl or cyclic N) is 1. The molecule has 2 N–H and O–H groups in total. The number of anilines is 1. The number of aliphatic hydroxyl groups excluding tert-OH is 1. The van der Waals surface area contributed by atoms with Gasteiger partial charge >= 0.3 is 5.97 Å². The Balaban J connectivity index is 2.03. The molecule has 1 aromatic heterocycles. The number of aliphatic hydroxyl groups is 1. The van der Waals surface area contributed by atoms with Gasteiger partial charge in [0.2, 0.25) is 0 Å². The van der Waals surface area contributed by atoms with Gasteiger partial charge in [-0.25, -0.2) is 4.79 Å². The lowest BCUT2D eigenvalue weighted by atomic mass is 10.2. The van der Waals surface area contributed by atoms with E-state index >= 15 is 0 Å². The van der Waals surface area contributed by atoms with E-state index in [0.717, 1.165) is 0 Å². The van der Waals surface area contributed by atoms with Crippen molar-refractivity contribution in [2.75, 3.05) is 39.2 Å². The monoisotopic (exact) mass is 374 g/mol. The quantitative estimate of drug-likeness (QED) is 0.606. The van der Waals surface area contributed by atoms with E-state index < -0.39 is 11.9 Å². The molecule has 142 valence electrons. The van der Waals surface area contributed by atoms with Crippen LogP contribution in [0.3, 0.4) is 0 Å². The number of amides is 1. The van der Waals surface area contributed by atoms with Crippen LogP contribution in [0.2, 0.25) is 0 Å². The van der Waals surface area contributed by atoms with Crippen molar-refractivity contribution in [3.63, 3.8) is 0 Å². The Morgan fingerprint density at radius 3 is 2.81 bits per heavy atom. The van der Waals surface area contributed by atoms with Crippen LogP contribution < -0.4 is 10.1 Å². The number of nitrogens with one attached hydrogen (secondary N) is 1. The van der Waals surface area contributed by atoms with Gasteiger partial charge in [0.1, 0.15) is 17.8 Å². The predicted molar refractivity (Wildman–Crippen MR) is 92.0 cm³/mol. The Morgan fingerprint density at radius 2 is 2.19 bits per heavy atom. The normalized spacial score (nSPS) is 13.9. The van der Waals surface area contributed by atoms with Gasteiger partial charge in [-0.15, -0.1) is 5.10 Å². The van der Waals surface area contributed by atoms with E-state index in [0.29, 0.717) is 17.1 Å². The first-order valence-electron chi connectivity index (χ1n) is 7.99. The molecule has 0 unspecified atom stereocenters. The van der Waals surface area contributed by atoms with Crippen LogP contribution in [0.25, 0.3) is 5.69 Å². The van der Waals surface area contributed by atoms with Gasteiger partial charge in [0.15, 0.2) is 0 Å². The SMILES string of the molecule is COC(=O)C1=C(Nc2cc(OC)ccc2-n2cnnn2)C(=O)N(CCO)C1. The molecule has 0 saturated carbocycles. The second kappa shape index (κ2) is 7.83. The summed E-state index contributed by atoms with van der Waals surface area (Å²) in [6.45, 7) is -0.0798. The standard InChI is InChI=1S/C16H18N6O5/c1-26-10-3-4-13(22-9-17-19-20-22)12(7-10)18-14-11(16(25)27-2)8-21(5-6-23)15(14)24/h3-4,7,9,18,23H,5-6,8H2,1-2H3. The van der Waals surface area contributed by atoms with Crippen molar-refractivity contribution in [2.24, 2.45) is 0 Å². The van der Waals surface area contributed by atoms with Crippen LogP contribution in [-0.2, 0) is 14.3 Å². The lowest BCUT2D eigenvalue weighted by Gasteiger charge is -2.16. The Hall–Kier alpha value is -3.47. The van der Waals surface area contributed by atoms with Crippen LogP contribution in [0.15, 0.2) is 35.8 Å². The molecule has 11 heteroatoms. The van der Waals surface area contributed by atoms with Crippen molar-refractivity contribution in [2.45, 2.75) is 0 Å². The van der Waals surface area contributed by atoms with Gasteiger partial charge in [-0.05, 0) is 22.6 Å². The van der Waals surface area contributed by atoms with Gasteiger partial charge in [0.25, 0.3) is 5.91 Å². The predicted octanol–water partition coefficient (Wildman–Crippen LogP) is -0.656. The maximum Gasteiger partial charge on any atom is 0.337 e. The molecule has 11 nitrogen and oxygen atoms in total. The zero-order valence-electron chi connectivity index (χ0n) is 14.7. The maximum absolute atomic E-state index is 12.7. The fraction of sp³-hybridized carbons (Fsp3) is 0.312. The van der Waals surface area contributed by atoms with Crippen molar-refractivity contribution in [1.29, 1.82) is 0 Å². The zero-order chi connectivity index (χ0) is 19.4. The smallest absolute Gasteiger partial charge is 0.337 e. The number of hydrogen-bond donors (Lipinski definition) is 2. The van der Waals surface area contributed by atoms with Crippen LogP contribution in [0.1, 0.15) is 0 Å². The Morgan fingerprint density at radius 1 is 1.37 bits per heavy atom. The minimum absolute atomic E-state index is 0.0403. The summed E-state index contributed by atoms with van der Waals surface area (Å²) in [6.07, 6.45) is 1.40. The molecular formula is C16H18N6O5. The van der Waals surface area contributed by atoms with Crippen molar-refractivity contribution in [1.82, 2.24) is 25.1 Å². The summed E-state index contributed by atoms with van der Waals surface area (Å²) in [5.41, 5.74) is 1.24.